The number of aromatic nitrogens is 2. The molecule has 2 N–H and O–H groups in total. The van der Waals surface area contributed by atoms with Crippen molar-refractivity contribution in [3.8, 4) is 0 Å². The Morgan fingerprint density at radius 2 is 1.78 bits per heavy atom. The lowest BCUT2D eigenvalue weighted by molar-refractivity contribution is -0.119. The molecule has 2 aliphatic heterocycles. The van der Waals surface area contributed by atoms with E-state index in [-0.39, 0.29) is 28.8 Å². The number of fused-ring (bicyclic) bond motifs is 5. The van der Waals surface area contributed by atoms with Gasteiger partial charge in [0.1, 0.15) is 10.4 Å². The molecule has 6 rings (SSSR count). The first-order valence-electron chi connectivity index (χ1n) is 14.9. The van der Waals surface area contributed by atoms with Crippen LogP contribution >= 0.6 is 11.3 Å². The molecule has 3 aromatic heterocycles. The van der Waals surface area contributed by atoms with E-state index >= 15 is 0 Å². The van der Waals surface area contributed by atoms with Crippen molar-refractivity contribution in [1.82, 2.24) is 24.9 Å². The number of benzene rings is 1. The second-order valence-electron chi connectivity index (χ2n) is 9.88. The smallest absolute Gasteiger partial charge is 0.258 e. The SMILES string of the molecule is CC.CC.CC(=O)NC1CCN(c2ccnc3c2c(=O)c(C(=O)NCCN2CCCC2)c2sc4ccccc4n23)C1. The number of amides is 2. The van der Waals surface area contributed by atoms with Crippen LogP contribution in [0.2, 0.25) is 0 Å². The molecule has 4 aromatic rings. The van der Waals surface area contributed by atoms with Gasteiger partial charge in [-0.2, -0.15) is 0 Å². The van der Waals surface area contributed by atoms with Crippen LogP contribution in [0.25, 0.3) is 26.1 Å². The molecular formula is C31H42N6O3S. The van der Waals surface area contributed by atoms with Crippen LogP contribution in [0, 0.1) is 0 Å². The van der Waals surface area contributed by atoms with Crippen LogP contribution in [0.4, 0.5) is 5.69 Å². The molecule has 0 aliphatic carbocycles. The van der Waals surface area contributed by atoms with E-state index < -0.39 is 0 Å². The number of rotatable bonds is 6. The van der Waals surface area contributed by atoms with Crippen LogP contribution in [-0.2, 0) is 4.79 Å². The van der Waals surface area contributed by atoms with Crippen LogP contribution in [0.5, 0.6) is 0 Å². The molecule has 10 heteroatoms. The van der Waals surface area contributed by atoms with Gasteiger partial charge in [-0.1, -0.05) is 39.8 Å². The Morgan fingerprint density at radius 3 is 2.51 bits per heavy atom. The number of hydrogen-bond donors (Lipinski definition) is 2. The molecule has 0 saturated carbocycles. The molecule has 2 aliphatic rings. The predicted molar refractivity (Wildman–Crippen MR) is 169 cm³/mol. The summed E-state index contributed by atoms with van der Waals surface area (Å²) in [6.07, 6.45) is 4.89. The molecule has 41 heavy (non-hydrogen) atoms. The first kappa shape index (κ1) is 30.5. The molecular weight excluding hydrogens is 536 g/mol. The van der Waals surface area contributed by atoms with Crippen molar-refractivity contribution in [1.29, 1.82) is 0 Å². The fourth-order valence-electron chi connectivity index (χ4n) is 5.68. The first-order chi connectivity index (χ1) is 20.0. The normalized spacial score (nSPS) is 16.8. The summed E-state index contributed by atoms with van der Waals surface area (Å²) >= 11 is 1.44. The highest BCUT2D eigenvalue weighted by atomic mass is 32.1. The van der Waals surface area contributed by atoms with Gasteiger partial charge in [-0.25, -0.2) is 4.98 Å². The van der Waals surface area contributed by atoms with E-state index in [1.807, 2.05) is 62.4 Å². The largest absolute Gasteiger partial charge is 0.369 e. The van der Waals surface area contributed by atoms with Crippen molar-refractivity contribution >= 4 is 54.9 Å². The van der Waals surface area contributed by atoms with Crippen LogP contribution in [0.15, 0.2) is 41.3 Å². The first-order valence-corrected chi connectivity index (χ1v) is 15.7. The quantitative estimate of drug-likeness (QED) is 0.346. The lowest BCUT2D eigenvalue weighted by Crippen LogP contribution is -2.36. The van der Waals surface area contributed by atoms with E-state index in [2.05, 4.69) is 25.4 Å². The van der Waals surface area contributed by atoms with Gasteiger partial charge in [0.25, 0.3) is 5.91 Å². The number of anilines is 1. The third kappa shape index (κ3) is 6.23. The molecule has 0 bridgehead atoms. The minimum atomic E-state index is -0.345. The van der Waals surface area contributed by atoms with Gasteiger partial charge in [0.15, 0.2) is 5.65 Å². The number of pyridine rings is 2. The van der Waals surface area contributed by atoms with Gasteiger partial charge in [-0.15, -0.1) is 11.3 Å². The molecule has 2 fully saturated rings. The van der Waals surface area contributed by atoms with Gasteiger partial charge in [0.2, 0.25) is 11.3 Å². The zero-order valence-electron chi connectivity index (χ0n) is 24.8. The summed E-state index contributed by atoms with van der Waals surface area (Å²) in [7, 11) is 0. The van der Waals surface area contributed by atoms with Gasteiger partial charge >= 0.3 is 0 Å². The van der Waals surface area contributed by atoms with Crippen molar-refractivity contribution in [3.63, 3.8) is 0 Å². The number of nitrogens with one attached hydrogen (secondary N) is 2. The maximum atomic E-state index is 14.1. The summed E-state index contributed by atoms with van der Waals surface area (Å²) in [4.78, 5) is 49.0. The Kier molecular flexibility index (Phi) is 10.3. The van der Waals surface area contributed by atoms with Gasteiger partial charge in [0, 0.05) is 45.3 Å². The van der Waals surface area contributed by atoms with Crippen molar-refractivity contribution in [2.75, 3.05) is 44.2 Å². The van der Waals surface area contributed by atoms with E-state index in [0.717, 1.165) is 42.0 Å². The molecule has 9 nitrogen and oxygen atoms in total. The number of carbonyl (C=O) groups excluding carboxylic acids is 2. The zero-order valence-corrected chi connectivity index (χ0v) is 25.6. The highest BCUT2D eigenvalue weighted by Crippen LogP contribution is 2.34. The van der Waals surface area contributed by atoms with Crippen molar-refractivity contribution < 1.29 is 9.59 Å². The highest BCUT2D eigenvalue weighted by Gasteiger charge is 2.29. The summed E-state index contributed by atoms with van der Waals surface area (Å²) in [5.74, 6) is -0.409. The average Bonchev–Trinajstić information content (AvgIpc) is 3.75. The minimum absolute atomic E-state index is 0.0162. The number of likely N-dealkylation sites (tertiary alicyclic amines) is 1. The third-order valence-corrected chi connectivity index (χ3v) is 8.53. The Morgan fingerprint density at radius 1 is 1.05 bits per heavy atom. The monoisotopic (exact) mass is 578 g/mol. The van der Waals surface area contributed by atoms with Gasteiger partial charge in [-0.05, 0) is 50.6 Å². The molecule has 1 unspecified atom stereocenters. The fourth-order valence-corrected chi connectivity index (χ4v) is 6.86. The van der Waals surface area contributed by atoms with Gasteiger partial charge in [0.05, 0.1) is 21.3 Å². The number of para-hydroxylation sites is 1. The maximum absolute atomic E-state index is 14.1. The number of nitrogens with zero attached hydrogens (tertiary/aromatic N) is 4. The average molecular weight is 579 g/mol. The lowest BCUT2D eigenvalue weighted by atomic mass is 10.1. The van der Waals surface area contributed by atoms with Crippen LogP contribution in [0.3, 0.4) is 0 Å². The topological polar surface area (TPSA) is 99.0 Å². The number of carbonyl (C=O) groups is 2. The van der Waals surface area contributed by atoms with Crippen molar-refractivity contribution in [2.24, 2.45) is 0 Å². The van der Waals surface area contributed by atoms with Gasteiger partial charge < -0.3 is 20.4 Å². The summed E-state index contributed by atoms with van der Waals surface area (Å²) in [5.41, 5.74) is 2.08. The van der Waals surface area contributed by atoms with Crippen molar-refractivity contribution in [3.05, 3.63) is 52.3 Å². The zero-order chi connectivity index (χ0) is 29.5. The molecule has 1 aromatic carbocycles. The van der Waals surface area contributed by atoms with Crippen LogP contribution < -0.4 is 21.0 Å². The molecule has 0 radical (unpaired) electrons. The van der Waals surface area contributed by atoms with E-state index in [1.165, 1.54) is 31.1 Å². The van der Waals surface area contributed by atoms with Crippen LogP contribution in [0.1, 0.15) is 64.2 Å². The predicted octanol–water partition coefficient (Wildman–Crippen LogP) is 4.66. The van der Waals surface area contributed by atoms with E-state index in [0.29, 0.717) is 35.5 Å². The Hall–Kier alpha value is -3.50. The Labute approximate surface area is 245 Å². The highest BCUT2D eigenvalue weighted by molar-refractivity contribution is 7.24. The number of hydrogen-bond acceptors (Lipinski definition) is 7. The minimum Gasteiger partial charge on any atom is -0.369 e. The van der Waals surface area contributed by atoms with E-state index in [9.17, 15) is 14.4 Å². The van der Waals surface area contributed by atoms with E-state index in [4.69, 9.17) is 0 Å². The third-order valence-electron chi connectivity index (χ3n) is 7.38. The number of thiazole rings is 1. The summed E-state index contributed by atoms with van der Waals surface area (Å²) in [6.45, 7) is 14.2. The van der Waals surface area contributed by atoms with Gasteiger partial charge in [-0.3, -0.25) is 18.8 Å². The lowest BCUT2D eigenvalue weighted by Gasteiger charge is -2.21. The summed E-state index contributed by atoms with van der Waals surface area (Å²) in [6, 6.07) is 9.77. The molecule has 0 spiro atoms. The summed E-state index contributed by atoms with van der Waals surface area (Å²) in [5, 5.41) is 6.44. The molecule has 220 valence electrons. The Bertz CT molecular complexity index is 1570. The molecule has 2 saturated heterocycles. The Balaban J connectivity index is 0.000000929. The summed E-state index contributed by atoms with van der Waals surface area (Å²) < 4.78 is 2.94. The fraction of sp³-hybridized carbons (Fsp3) is 0.484. The van der Waals surface area contributed by atoms with Crippen molar-refractivity contribution in [2.45, 2.75) is 59.9 Å². The second kappa shape index (κ2) is 13.9. The standard InChI is InChI=1S/C27H30N6O3S.2C2H6/c1-17(34)30-18-9-14-32(16-18)20-8-10-28-25-22(20)24(35)23(26(36)29-11-15-31-12-4-5-13-31)27-33(25)19-6-2-3-7-21(19)37-27;2*1-2/h2-3,6-8,10,18H,4-5,9,11-16H2,1H3,(H,29,36)(H,30,34);2*1-2H3. The molecule has 2 amide bonds. The second-order valence-corrected chi connectivity index (χ2v) is 10.9. The van der Waals surface area contributed by atoms with Crippen LogP contribution in [-0.4, -0.2) is 71.4 Å². The molecule has 1 atom stereocenters. The maximum Gasteiger partial charge on any atom is 0.258 e. The van der Waals surface area contributed by atoms with E-state index in [1.54, 1.807) is 6.20 Å². The molecule has 5 heterocycles.